The van der Waals surface area contributed by atoms with Crippen LogP contribution in [0.15, 0.2) is 146 Å². The summed E-state index contributed by atoms with van der Waals surface area (Å²) >= 11 is 0. The van der Waals surface area contributed by atoms with E-state index in [2.05, 4.69) is 20.6 Å². The number of carbonyl (C=O) groups is 4. The van der Waals surface area contributed by atoms with Crippen LogP contribution in [0.25, 0.3) is 22.3 Å². The third kappa shape index (κ3) is 13.2. The summed E-state index contributed by atoms with van der Waals surface area (Å²) in [5.74, 6) is -2.39. The number of nitrogens with zero attached hydrogens (tertiary/aromatic N) is 2. The van der Waals surface area contributed by atoms with E-state index < -0.39 is 23.9 Å². The molecule has 0 aliphatic carbocycles. The minimum absolute atomic E-state index is 0.253. The zero-order valence-electron chi connectivity index (χ0n) is 36.9. The van der Waals surface area contributed by atoms with Gasteiger partial charge in [0, 0.05) is 59.4 Å². The monoisotopic (exact) mass is 858 g/mol. The summed E-state index contributed by atoms with van der Waals surface area (Å²) in [4.78, 5) is 58.7. The van der Waals surface area contributed by atoms with Crippen molar-refractivity contribution in [2.45, 2.75) is 52.6 Å². The normalized spacial score (nSPS) is 12.5. The number of benzene rings is 4. The number of esters is 2. The first-order valence-electron chi connectivity index (χ1n) is 20.8. The van der Waals surface area contributed by atoms with Crippen LogP contribution in [-0.4, -0.2) is 71.4 Å². The lowest BCUT2D eigenvalue weighted by molar-refractivity contribution is -0.147. The minimum Gasteiger partial charge on any atom is -0.469 e. The third-order valence-corrected chi connectivity index (χ3v) is 10.9. The Morgan fingerprint density at radius 3 is 1.33 bits per heavy atom. The topological polar surface area (TPSA) is 184 Å². The van der Waals surface area contributed by atoms with Gasteiger partial charge in [-0.15, -0.1) is 0 Å². The Balaban J connectivity index is 0.000000241. The molecular formula is C52H54N6O6. The van der Waals surface area contributed by atoms with Crippen molar-refractivity contribution in [1.29, 1.82) is 10.8 Å². The number of nitrogens with one attached hydrogen (secondary N) is 4. The minimum atomic E-state index is -0.556. The molecule has 0 saturated carbocycles. The average molecular weight is 859 g/mol. The number of pyridine rings is 2. The van der Waals surface area contributed by atoms with Crippen molar-refractivity contribution >= 4 is 35.2 Å². The highest BCUT2D eigenvalue weighted by molar-refractivity contribution is 5.97. The highest BCUT2D eigenvalue weighted by atomic mass is 16.5. The van der Waals surface area contributed by atoms with Gasteiger partial charge in [-0.05, 0) is 140 Å². The van der Waals surface area contributed by atoms with Gasteiger partial charge in [0.25, 0.3) is 11.8 Å². The maximum Gasteiger partial charge on any atom is 0.311 e. The standard InChI is InChI=1S/2C26H27N3O3/c1-17(27)22-7-4-6-19(14-22)15-24(26(31)32-3)18(2)29-25(30)21-11-9-20(10-12-21)23-8-5-13-28-16-23;1-17(27)23-6-4-5-19(15-23)16-24(26(31)32-3)18(2)29-25(30)22-9-7-20(8-10-22)21-11-13-28-14-12-21/h4-14,16,18,24,27H,15H2,1-3H3,(H,29,30);4-15,18,24,27H,16H2,1-3H3,(H,29,30)/t2*18?,24-/m11/s1. The van der Waals surface area contributed by atoms with E-state index in [-0.39, 0.29) is 23.8 Å². The van der Waals surface area contributed by atoms with E-state index in [0.29, 0.717) is 35.4 Å². The van der Waals surface area contributed by atoms with Gasteiger partial charge in [0.15, 0.2) is 0 Å². The molecular weight excluding hydrogens is 805 g/mol. The third-order valence-electron chi connectivity index (χ3n) is 10.9. The van der Waals surface area contributed by atoms with Gasteiger partial charge in [0.05, 0.1) is 26.1 Å². The number of hydrogen-bond acceptors (Lipinski definition) is 10. The molecule has 12 nitrogen and oxygen atoms in total. The van der Waals surface area contributed by atoms with Crippen molar-refractivity contribution in [3.63, 3.8) is 0 Å². The molecule has 2 amide bonds. The van der Waals surface area contributed by atoms with Crippen LogP contribution in [-0.2, 0) is 31.9 Å². The molecule has 0 aliphatic rings. The predicted octanol–water partition coefficient (Wildman–Crippen LogP) is 8.57. The zero-order chi connectivity index (χ0) is 46.2. The van der Waals surface area contributed by atoms with Gasteiger partial charge in [-0.2, -0.15) is 0 Å². The van der Waals surface area contributed by atoms with Crippen LogP contribution in [0.2, 0.25) is 0 Å². The number of methoxy groups -OCH3 is 2. The highest BCUT2D eigenvalue weighted by Crippen LogP contribution is 2.22. The summed E-state index contributed by atoms with van der Waals surface area (Å²) in [5, 5.41) is 21.5. The van der Waals surface area contributed by atoms with Gasteiger partial charge in [0.1, 0.15) is 0 Å². The Kier molecular flexibility index (Phi) is 17.1. The lowest BCUT2D eigenvalue weighted by Gasteiger charge is -2.23. The second-order valence-corrected chi connectivity index (χ2v) is 15.5. The summed E-state index contributed by atoms with van der Waals surface area (Å²) < 4.78 is 9.99. The molecule has 64 heavy (non-hydrogen) atoms. The molecule has 2 aromatic heterocycles. The fourth-order valence-electron chi connectivity index (χ4n) is 7.09. The van der Waals surface area contributed by atoms with Crippen molar-refractivity contribution < 1.29 is 28.7 Å². The molecule has 0 bridgehead atoms. The summed E-state index contributed by atoms with van der Waals surface area (Å²) in [6.07, 6.45) is 7.73. The van der Waals surface area contributed by atoms with Crippen molar-refractivity contribution in [3.8, 4) is 22.3 Å². The molecule has 0 aliphatic heterocycles. The largest absolute Gasteiger partial charge is 0.469 e. The number of aromatic nitrogens is 2. The number of amides is 2. The first-order valence-corrected chi connectivity index (χ1v) is 20.8. The van der Waals surface area contributed by atoms with E-state index in [1.54, 1.807) is 76.7 Å². The lowest BCUT2D eigenvalue weighted by atomic mass is 9.91. The molecule has 2 unspecified atom stereocenters. The first-order chi connectivity index (χ1) is 30.8. The van der Waals surface area contributed by atoms with Crippen LogP contribution in [0.1, 0.15) is 70.7 Å². The van der Waals surface area contributed by atoms with Crippen LogP contribution in [0, 0.1) is 22.7 Å². The Hall–Kier alpha value is -7.60. The molecule has 4 atom stereocenters. The molecule has 0 fully saturated rings. The molecule has 6 aromatic rings. The van der Waals surface area contributed by atoms with Crippen LogP contribution in [0.3, 0.4) is 0 Å². The quantitative estimate of drug-likeness (QED) is 0.0551. The summed E-state index contributed by atoms with van der Waals surface area (Å²) in [5.41, 5.74) is 9.31. The molecule has 0 saturated heterocycles. The molecule has 6 rings (SSSR count). The lowest BCUT2D eigenvalue weighted by Crippen LogP contribution is -2.42. The van der Waals surface area contributed by atoms with Gasteiger partial charge < -0.3 is 30.9 Å². The van der Waals surface area contributed by atoms with E-state index in [4.69, 9.17) is 20.3 Å². The number of rotatable bonds is 16. The maximum atomic E-state index is 12.8. The molecule has 328 valence electrons. The van der Waals surface area contributed by atoms with E-state index in [9.17, 15) is 19.2 Å². The fraction of sp³-hybridized carbons (Fsp3) is 0.231. The zero-order valence-corrected chi connectivity index (χ0v) is 36.9. The number of carbonyl (C=O) groups excluding carboxylic acids is 4. The first kappa shape index (κ1) is 47.4. The summed E-state index contributed by atoms with van der Waals surface area (Å²) in [6.45, 7) is 7.05. The summed E-state index contributed by atoms with van der Waals surface area (Å²) in [7, 11) is 2.69. The highest BCUT2D eigenvalue weighted by Gasteiger charge is 2.29. The average Bonchev–Trinajstić information content (AvgIpc) is 3.32. The van der Waals surface area contributed by atoms with Gasteiger partial charge in [-0.25, -0.2) is 0 Å². The van der Waals surface area contributed by atoms with Crippen LogP contribution in [0.5, 0.6) is 0 Å². The van der Waals surface area contributed by atoms with Gasteiger partial charge in [-0.3, -0.25) is 29.1 Å². The van der Waals surface area contributed by atoms with Crippen molar-refractivity contribution in [3.05, 3.63) is 179 Å². The van der Waals surface area contributed by atoms with Gasteiger partial charge in [0.2, 0.25) is 0 Å². The van der Waals surface area contributed by atoms with Gasteiger partial charge in [-0.1, -0.05) is 66.7 Å². The SMILES string of the molecule is COC(=O)[C@H](Cc1cccc(C(C)=N)c1)C(C)NC(=O)c1ccc(-c2cccnc2)cc1.COC(=O)[C@H](Cc1cccc(C(C)=N)c1)C(C)NC(=O)c1ccc(-c2ccncc2)cc1. The Morgan fingerprint density at radius 2 is 0.938 bits per heavy atom. The van der Waals surface area contributed by atoms with E-state index in [1.165, 1.54) is 14.2 Å². The molecule has 4 aromatic carbocycles. The maximum absolute atomic E-state index is 12.8. The number of ether oxygens (including phenoxy) is 2. The van der Waals surface area contributed by atoms with Crippen molar-refractivity contribution in [2.75, 3.05) is 14.2 Å². The molecule has 0 spiro atoms. The second-order valence-electron chi connectivity index (χ2n) is 15.5. The van der Waals surface area contributed by atoms with Crippen LogP contribution in [0.4, 0.5) is 0 Å². The molecule has 4 N–H and O–H groups in total. The molecule has 0 radical (unpaired) electrons. The fourth-order valence-corrected chi connectivity index (χ4v) is 7.09. The summed E-state index contributed by atoms with van der Waals surface area (Å²) in [6, 6.07) is 36.4. The Labute approximate surface area is 374 Å². The van der Waals surface area contributed by atoms with E-state index in [0.717, 1.165) is 44.5 Å². The van der Waals surface area contributed by atoms with Crippen molar-refractivity contribution in [2.24, 2.45) is 11.8 Å². The second kappa shape index (κ2) is 23.0. The van der Waals surface area contributed by atoms with Crippen LogP contribution >= 0.6 is 0 Å². The van der Waals surface area contributed by atoms with Crippen molar-refractivity contribution in [1.82, 2.24) is 20.6 Å². The van der Waals surface area contributed by atoms with E-state index >= 15 is 0 Å². The predicted molar refractivity (Wildman–Crippen MR) is 250 cm³/mol. The smallest absolute Gasteiger partial charge is 0.311 e. The molecule has 2 heterocycles. The Bertz CT molecular complexity index is 2370. The van der Waals surface area contributed by atoms with Gasteiger partial charge >= 0.3 is 11.9 Å². The Morgan fingerprint density at radius 1 is 0.516 bits per heavy atom. The number of hydrogen-bond donors (Lipinski definition) is 4. The molecule has 12 heteroatoms. The van der Waals surface area contributed by atoms with Crippen LogP contribution < -0.4 is 10.6 Å². The van der Waals surface area contributed by atoms with E-state index in [1.807, 2.05) is 97.1 Å².